The second-order valence-electron chi connectivity index (χ2n) is 5.42. The molecule has 0 saturated carbocycles. The molecular formula is C16H23NO3. The van der Waals surface area contributed by atoms with Crippen LogP contribution in [0.4, 0.5) is 0 Å². The molecule has 4 heteroatoms. The van der Waals surface area contributed by atoms with Crippen molar-refractivity contribution in [3.05, 3.63) is 35.9 Å². The van der Waals surface area contributed by atoms with Gasteiger partial charge < -0.3 is 9.47 Å². The Morgan fingerprint density at radius 3 is 2.70 bits per heavy atom. The molecule has 2 rings (SSSR count). The number of methoxy groups -OCH3 is 1. The van der Waals surface area contributed by atoms with Crippen LogP contribution in [0, 0.1) is 5.92 Å². The third kappa shape index (κ3) is 4.05. The maximum Gasteiger partial charge on any atom is 0.323 e. The van der Waals surface area contributed by atoms with Crippen molar-refractivity contribution in [3.8, 4) is 0 Å². The van der Waals surface area contributed by atoms with Gasteiger partial charge in [0.1, 0.15) is 6.04 Å². The van der Waals surface area contributed by atoms with Crippen LogP contribution in [-0.2, 0) is 20.9 Å². The predicted octanol–water partition coefficient (Wildman–Crippen LogP) is 2.09. The average Bonchev–Trinajstić information content (AvgIpc) is 2.48. The van der Waals surface area contributed by atoms with Crippen molar-refractivity contribution in [1.82, 2.24) is 4.90 Å². The SMILES string of the molecule is COC(=O)[C@@H]1CC[C@@H](COCc2ccccc2)CN1C. The van der Waals surface area contributed by atoms with E-state index >= 15 is 0 Å². The molecule has 0 amide bonds. The van der Waals surface area contributed by atoms with Gasteiger partial charge in [0.2, 0.25) is 0 Å². The predicted molar refractivity (Wildman–Crippen MR) is 77.3 cm³/mol. The van der Waals surface area contributed by atoms with Crippen LogP contribution in [0.25, 0.3) is 0 Å². The lowest BCUT2D eigenvalue weighted by atomic mass is 9.94. The molecule has 0 aromatic heterocycles. The molecule has 1 saturated heterocycles. The van der Waals surface area contributed by atoms with Crippen molar-refractivity contribution in [1.29, 1.82) is 0 Å². The van der Waals surface area contributed by atoms with Gasteiger partial charge in [-0.25, -0.2) is 0 Å². The lowest BCUT2D eigenvalue weighted by Gasteiger charge is -2.35. The largest absolute Gasteiger partial charge is 0.468 e. The number of likely N-dealkylation sites (tertiary alicyclic amines) is 1. The molecule has 1 aromatic rings. The topological polar surface area (TPSA) is 38.8 Å². The van der Waals surface area contributed by atoms with Crippen molar-refractivity contribution >= 4 is 5.97 Å². The van der Waals surface area contributed by atoms with Crippen molar-refractivity contribution in [2.24, 2.45) is 5.92 Å². The molecular weight excluding hydrogens is 254 g/mol. The van der Waals surface area contributed by atoms with Gasteiger partial charge in [0.15, 0.2) is 0 Å². The summed E-state index contributed by atoms with van der Waals surface area (Å²) in [6.45, 7) is 2.28. The number of rotatable bonds is 5. The van der Waals surface area contributed by atoms with Gasteiger partial charge in [-0.2, -0.15) is 0 Å². The molecule has 1 heterocycles. The molecule has 110 valence electrons. The molecule has 0 bridgehead atoms. The molecule has 4 nitrogen and oxygen atoms in total. The van der Waals surface area contributed by atoms with Gasteiger partial charge in [0.05, 0.1) is 20.3 Å². The quantitative estimate of drug-likeness (QED) is 0.773. The Bertz CT molecular complexity index is 421. The van der Waals surface area contributed by atoms with E-state index in [2.05, 4.69) is 17.0 Å². The van der Waals surface area contributed by atoms with Gasteiger partial charge >= 0.3 is 5.97 Å². The molecule has 1 aromatic carbocycles. The number of hydrogen-bond acceptors (Lipinski definition) is 4. The van der Waals surface area contributed by atoms with Crippen LogP contribution in [0.2, 0.25) is 0 Å². The zero-order chi connectivity index (χ0) is 14.4. The molecule has 1 aliphatic rings. The fourth-order valence-corrected chi connectivity index (χ4v) is 2.73. The first-order valence-corrected chi connectivity index (χ1v) is 7.10. The van der Waals surface area contributed by atoms with E-state index in [-0.39, 0.29) is 12.0 Å². The third-order valence-electron chi connectivity index (χ3n) is 3.86. The number of benzene rings is 1. The van der Waals surface area contributed by atoms with Gasteiger partial charge in [0.25, 0.3) is 0 Å². The Morgan fingerprint density at radius 1 is 1.30 bits per heavy atom. The second kappa shape index (κ2) is 7.41. The number of piperidine rings is 1. The minimum atomic E-state index is -0.129. The second-order valence-corrected chi connectivity index (χ2v) is 5.42. The fourth-order valence-electron chi connectivity index (χ4n) is 2.73. The van der Waals surface area contributed by atoms with E-state index in [9.17, 15) is 4.79 Å². The molecule has 0 aliphatic carbocycles. The summed E-state index contributed by atoms with van der Waals surface area (Å²) in [5, 5.41) is 0. The number of likely N-dealkylation sites (N-methyl/N-ethyl adjacent to an activating group) is 1. The molecule has 20 heavy (non-hydrogen) atoms. The van der Waals surface area contributed by atoms with E-state index in [1.165, 1.54) is 12.7 Å². The Kier molecular flexibility index (Phi) is 5.56. The third-order valence-corrected chi connectivity index (χ3v) is 3.86. The van der Waals surface area contributed by atoms with Gasteiger partial charge in [0, 0.05) is 6.54 Å². The van der Waals surface area contributed by atoms with Crippen molar-refractivity contribution in [2.75, 3.05) is 27.3 Å². The number of carbonyl (C=O) groups is 1. The summed E-state index contributed by atoms with van der Waals surface area (Å²) in [6, 6.07) is 10.1. The minimum Gasteiger partial charge on any atom is -0.468 e. The highest BCUT2D eigenvalue weighted by molar-refractivity contribution is 5.75. The minimum absolute atomic E-state index is 0.0922. The van der Waals surface area contributed by atoms with Crippen LogP contribution < -0.4 is 0 Å². The van der Waals surface area contributed by atoms with Gasteiger partial charge in [-0.3, -0.25) is 9.69 Å². The summed E-state index contributed by atoms with van der Waals surface area (Å²) in [5.74, 6) is 0.362. The highest BCUT2D eigenvalue weighted by atomic mass is 16.5. The summed E-state index contributed by atoms with van der Waals surface area (Å²) >= 11 is 0. The lowest BCUT2D eigenvalue weighted by molar-refractivity contribution is -0.148. The molecule has 1 aliphatic heterocycles. The van der Waals surface area contributed by atoms with Crippen molar-refractivity contribution < 1.29 is 14.3 Å². The maximum absolute atomic E-state index is 11.6. The maximum atomic E-state index is 11.6. The Balaban J connectivity index is 1.72. The van der Waals surface area contributed by atoms with Crippen LogP contribution in [0.1, 0.15) is 18.4 Å². The molecule has 0 unspecified atom stereocenters. The standard InChI is InChI=1S/C16H23NO3/c1-17-10-14(8-9-15(17)16(18)19-2)12-20-11-13-6-4-3-5-7-13/h3-7,14-15H,8-12H2,1-2H3/t14-,15+/m1/s1. The van der Waals surface area contributed by atoms with E-state index in [1.54, 1.807) is 0 Å². The lowest BCUT2D eigenvalue weighted by Crippen LogP contribution is -2.46. The average molecular weight is 277 g/mol. The number of ether oxygens (including phenoxy) is 2. The Labute approximate surface area is 120 Å². The van der Waals surface area contributed by atoms with Crippen LogP contribution >= 0.6 is 0 Å². The van der Waals surface area contributed by atoms with E-state index in [0.717, 1.165) is 26.0 Å². The van der Waals surface area contributed by atoms with Gasteiger partial charge in [-0.15, -0.1) is 0 Å². The molecule has 2 atom stereocenters. The summed E-state index contributed by atoms with van der Waals surface area (Å²) in [6.07, 6.45) is 1.86. The highest BCUT2D eigenvalue weighted by Gasteiger charge is 2.31. The smallest absolute Gasteiger partial charge is 0.323 e. The summed E-state index contributed by atoms with van der Waals surface area (Å²) in [7, 11) is 3.43. The first-order valence-electron chi connectivity index (χ1n) is 7.10. The fraction of sp³-hybridized carbons (Fsp3) is 0.562. The summed E-state index contributed by atoms with van der Waals surface area (Å²) < 4.78 is 10.6. The van der Waals surface area contributed by atoms with Crippen molar-refractivity contribution in [2.45, 2.75) is 25.5 Å². The summed E-state index contributed by atoms with van der Waals surface area (Å²) in [5.41, 5.74) is 1.20. The van der Waals surface area contributed by atoms with Crippen LogP contribution in [0.15, 0.2) is 30.3 Å². The van der Waals surface area contributed by atoms with Crippen LogP contribution in [0.5, 0.6) is 0 Å². The molecule has 0 N–H and O–H groups in total. The number of carbonyl (C=O) groups excluding carboxylic acids is 1. The monoisotopic (exact) mass is 277 g/mol. The zero-order valence-corrected chi connectivity index (χ0v) is 12.2. The summed E-state index contributed by atoms with van der Waals surface area (Å²) in [4.78, 5) is 13.7. The Hall–Kier alpha value is -1.39. The molecule has 1 fully saturated rings. The normalized spacial score (nSPS) is 23.5. The van der Waals surface area contributed by atoms with E-state index in [1.807, 2.05) is 25.2 Å². The van der Waals surface area contributed by atoms with Crippen LogP contribution in [-0.4, -0.2) is 44.2 Å². The number of esters is 1. The number of nitrogens with zero attached hydrogens (tertiary/aromatic N) is 1. The highest BCUT2D eigenvalue weighted by Crippen LogP contribution is 2.22. The van der Waals surface area contributed by atoms with E-state index < -0.39 is 0 Å². The molecule has 0 spiro atoms. The zero-order valence-electron chi connectivity index (χ0n) is 12.2. The first kappa shape index (κ1) is 15.0. The van der Waals surface area contributed by atoms with E-state index in [4.69, 9.17) is 9.47 Å². The van der Waals surface area contributed by atoms with Crippen molar-refractivity contribution in [3.63, 3.8) is 0 Å². The van der Waals surface area contributed by atoms with Crippen LogP contribution in [0.3, 0.4) is 0 Å². The van der Waals surface area contributed by atoms with E-state index in [0.29, 0.717) is 12.5 Å². The Morgan fingerprint density at radius 2 is 2.05 bits per heavy atom. The van der Waals surface area contributed by atoms with Gasteiger partial charge in [-0.1, -0.05) is 30.3 Å². The number of hydrogen-bond donors (Lipinski definition) is 0. The molecule has 0 radical (unpaired) electrons. The first-order chi connectivity index (χ1) is 9.70. The van der Waals surface area contributed by atoms with Gasteiger partial charge in [-0.05, 0) is 31.4 Å².